The SMILES string of the molecule is CCn1nnc2c(NC[C@H]3CCCO3)ncnc21. The van der Waals surface area contributed by atoms with Crippen molar-refractivity contribution >= 4 is 17.0 Å². The van der Waals surface area contributed by atoms with Crippen molar-refractivity contribution in [2.45, 2.75) is 32.4 Å². The van der Waals surface area contributed by atoms with Crippen LogP contribution in [0.25, 0.3) is 11.2 Å². The van der Waals surface area contributed by atoms with E-state index in [4.69, 9.17) is 4.74 Å². The Morgan fingerprint density at radius 2 is 2.44 bits per heavy atom. The van der Waals surface area contributed by atoms with Crippen molar-refractivity contribution in [1.29, 1.82) is 0 Å². The number of hydrogen-bond acceptors (Lipinski definition) is 6. The molecular formula is C11H16N6O. The summed E-state index contributed by atoms with van der Waals surface area (Å²) in [6.45, 7) is 4.37. The van der Waals surface area contributed by atoms with Crippen molar-refractivity contribution in [1.82, 2.24) is 25.0 Å². The maximum Gasteiger partial charge on any atom is 0.183 e. The highest BCUT2D eigenvalue weighted by molar-refractivity contribution is 5.81. The van der Waals surface area contributed by atoms with Crippen LogP contribution in [-0.2, 0) is 11.3 Å². The van der Waals surface area contributed by atoms with E-state index in [9.17, 15) is 0 Å². The van der Waals surface area contributed by atoms with Gasteiger partial charge in [0.15, 0.2) is 17.0 Å². The van der Waals surface area contributed by atoms with Gasteiger partial charge in [-0.15, -0.1) is 5.10 Å². The molecule has 2 aromatic heterocycles. The molecule has 1 atom stereocenters. The van der Waals surface area contributed by atoms with Crippen LogP contribution in [0, 0.1) is 0 Å². The predicted octanol–water partition coefficient (Wildman–Crippen LogP) is 0.832. The van der Waals surface area contributed by atoms with Gasteiger partial charge in [-0.2, -0.15) is 0 Å². The topological polar surface area (TPSA) is 77.8 Å². The van der Waals surface area contributed by atoms with E-state index in [-0.39, 0.29) is 6.10 Å². The molecule has 0 bridgehead atoms. The van der Waals surface area contributed by atoms with Gasteiger partial charge in [0.2, 0.25) is 0 Å². The fourth-order valence-electron chi connectivity index (χ4n) is 2.15. The average molecular weight is 248 g/mol. The van der Waals surface area contributed by atoms with Crippen LogP contribution in [0.5, 0.6) is 0 Å². The first-order valence-electron chi connectivity index (χ1n) is 6.28. The molecule has 1 aliphatic rings. The van der Waals surface area contributed by atoms with E-state index in [0.717, 1.165) is 49.5 Å². The number of anilines is 1. The first-order valence-corrected chi connectivity index (χ1v) is 6.28. The van der Waals surface area contributed by atoms with E-state index >= 15 is 0 Å². The second-order valence-electron chi connectivity index (χ2n) is 4.32. The van der Waals surface area contributed by atoms with Gasteiger partial charge in [-0.25, -0.2) is 14.6 Å². The largest absolute Gasteiger partial charge is 0.376 e. The molecule has 0 aliphatic carbocycles. The molecule has 0 spiro atoms. The number of hydrogen-bond donors (Lipinski definition) is 1. The molecule has 0 radical (unpaired) electrons. The van der Waals surface area contributed by atoms with Gasteiger partial charge in [0, 0.05) is 19.7 Å². The second-order valence-corrected chi connectivity index (χ2v) is 4.32. The summed E-state index contributed by atoms with van der Waals surface area (Å²) in [6.07, 6.45) is 4.05. The molecule has 1 N–H and O–H groups in total. The molecule has 7 nitrogen and oxygen atoms in total. The number of aromatic nitrogens is 5. The van der Waals surface area contributed by atoms with Crippen LogP contribution in [0.2, 0.25) is 0 Å². The molecule has 3 heterocycles. The molecule has 96 valence electrons. The van der Waals surface area contributed by atoms with Gasteiger partial charge in [0.05, 0.1) is 6.10 Å². The summed E-state index contributed by atoms with van der Waals surface area (Å²) >= 11 is 0. The Labute approximate surface area is 105 Å². The Kier molecular flexibility index (Phi) is 3.06. The maximum absolute atomic E-state index is 5.57. The summed E-state index contributed by atoms with van der Waals surface area (Å²) in [7, 11) is 0. The molecule has 0 aromatic carbocycles. The summed E-state index contributed by atoms with van der Waals surface area (Å²) < 4.78 is 7.32. The number of rotatable bonds is 4. The number of ether oxygens (including phenoxy) is 1. The summed E-state index contributed by atoms with van der Waals surface area (Å²) in [5.74, 6) is 0.732. The lowest BCUT2D eigenvalue weighted by molar-refractivity contribution is 0.120. The zero-order chi connectivity index (χ0) is 12.4. The minimum atomic E-state index is 0.274. The van der Waals surface area contributed by atoms with Gasteiger partial charge in [0.1, 0.15) is 6.33 Å². The molecule has 0 unspecified atom stereocenters. The van der Waals surface area contributed by atoms with Crippen LogP contribution in [-0.4, -0.2) is 44.2 Å². The molecule has 1 saturated heterocycles. The molecule has 0 amide bonds. The van der Waals surface area contributed by atoms with Crippen molar-refractivity contribution in [2.24, 2.45) is 0 Å². The first kappa shape index (κ1) is 11.3. The van der Waals surface area contributed by atoms with Gasteiger partial charge < -0.3 is 10.1 Å². The molecule has 2 aromatic rings. The third-order valence-electron chi connectivity index (χ3n) is 3.12. The smallest absolute Gasteiger partial charge is 0.183 e. The summed E-state index contributed by atoms with van der Waals surface area (Å²) in [4.78, 5) is 8.43. The van der Waals surface area contributed by atoms with Crippen molar-refractivity contribution in [3.63, 3.8) is 0 Å². The standard InChI is InChI=1S/C11H16N6O/c1-2-17-11-9(15-16-17)10(13-7-14-11)12-6-8-4-3-5-18-8/h7-8H,2-6H2,1H3,(H,12,13,14)/t8-/m1/s1. The van der Waals surface area contributed by atoms with Gasteiger partial charge in [0.25, 0.3) is 0 Å². The van der Waals surface area contributed by atoms with E-state index in [1.54, 1.807) is 4.68 Å². The average Bonchev–Trinajstić information content (AvgIpc) is 3.05. The predicted molar refractivity (Wildman–Crippen MR) is 66.3 cm³/mol. The van der Waals surface area contributed by atoms with Crippen molar-refractivity contribution < 1.29 is 4.74 Å². The van der Waals surface area contributed by atoms with Crippen LogP contribution in [0.3, 0.4) is 0 Å². The van der Waals surface area contributed by atoms with Crippen LogP contribution in [0.15, 0.2) is 6.33 Å². The number of nitrogens with zero attached hydrogens (tertiary/aromatic N) is 5. The highest BCUT2D eigenvalue weighted by Crippen LogP contribution is 2.17. The lowest BCUT2D eigenvalue weighted by Crippen LogP contribution is -2.19. The van der Waals surface area contributed by atoms with Crippen LogP contribution in [0.1, 0.15) is 19.8 Å². The maximum atomic E-state index is 5.57. The quantitative estimate of drug-likeness (QED) is 0.863. The fourth-order valence-corrected chi connectivity index (χ4v) is 2.15. The van der Waals surface area contributed by atoms with Crippen molar-refractivity contribution in [2.75, 3.05) is 18.5 Å². The Morgan fingerprint density at radius 1 is 1.50 bits per heavy atom. The van der Waals surface area contributed by atoms with E-state index in [1.165, 1.54) is 6.33 Å². The van der Waals surface area contributed by atoms with Crippen molar-refractivity contribution in [3.05, 3.63) is 6.33 Å². The van der Waals surface area contributed by atoms with Gasteiger partial charge >= 0.3 is 0 Å². The zero-order valence-corrected chi connectivity index (χ0v) is 10.3. The molecule has 1 aliphatic heterocycles. The number of nitrogens with one attached hydrogen (secondary N) is 1. The van der Waals surface area contributed by atoms with E-state index in [2.05, 4.69) is 25.6 Å². The Morgan fingerprint density at radius 3 is 3.22 bits per heavy atom. The lowest BCUT2D eigenvalue weighted by atomic mass is 10.2. The molecule has 1 fully saturated rings. The highest BCUT2D eigenvalue weighted by atomic mass is 16.5. The minimum absolute atomic E-state index is 0.274. The first-order chi connectivity index (χ1) is 8.88. The van der Waals surface area contributed by atoms with Crippen molar-refractivity contribution in [3.8, 4) is 0 Å². The Hall–Kier alpha value is -1.76. The van der Waals surface area contributed by atoms with Gasteiger partial charge in [-0.05, 0) is 19.8 Å². The normalized spacial score (nSPS) is 19.5. The molecule has 3 rings (SSSR count). The molecular weight excluding hydrogens is 232 g/mol. The third-order valence-corrected chi connectivity index (χ3v) is 3.12. The van der Waals surface area contributed by atoms with Gasteiger partial charge in [-0.3, -0.25) is 0 Å². The molecule has 18 heavy (non-hydrogen) atoms. The van der Waals surface area contributed by atoms with E-state index in [1.807, 2.05) is 6.92 Å². The lowest BCUT2D eigenvalue weighted by Gasteiger charge is -2.10. The minimum Gasteiger partial charge on any atom is -0.376 e. The third kappa shape index (κ3) is 2.01. The number of fused-ring (bicyclic) bond motifs is 1. The fraction of sp³-hybridized carbons (Fsp3) is 0.636. The number of aryl methyl sites for hydroxylation is 1. The Bertz CT molecular complexity index is 533. The highest BCUT2D eigenvalue weighted by Gasteiger charge is 2.17. The summed E-state index contributed by atoms with van der Waals surface area (Å²) in [5, 5.41) is 11.4. The molecule has 0 saturated carbocycles. The van der Waals surface area contributed by atoms with Gasteiger partial charge in [-0.1, -0.05) is 5.21 Å². The molecule has 7 heteroatoms. The summed E-state index contributed by atoms with van der Waals surface area (Å²) in [6, 6.07) is 0. The van der Waals surface area contributed by atoms with Crippen LogP contribution < -0.4 is 5.32 Å². The summed E-state index contributed by atoms with van der Waals surface area (Å²) in [5.41, 5.74) is 1.49. The zero-order valence-electron chi connectivity index (χ0n) is 10.3. The van der Waals surface area contributed by atoms with E-state index in [0.29, 0.717) is 0 Å². The Balaban J connectivity index is 1.80. The monoisotopic (exact) mass is 248 g/mol. The van der Waals surface area contributed by atoms with Crippen LogP contribution in [0.4, 0.5) is 5.82 Å². The second kappa shape index (κ2) is 4.85. The van der Waals surface area contributed by atoms with Crippen LogP contribution >= 0.6 is 0 Å². The van der Waals surface area contributed by atoms with E-state index < -0.39 is 0 Å².